The van der Waals surface area contributed by atoms with Gasteiger partial charge in [0, 0.05) is 0 Å². The van der Waals surface area contributed by atoms with Gasteiger partial charge in [-0.3, -0.25) is 9.59 Å². The zero-order chi connectivity index (χ0) is 19.1. The third-order valence-electron chi connectivity index (χ3n) is 3.52. The summed E-state index contributed by atoms with van der Waals surface area (Å²) in [5.41, 5.74) is 5.19. The fourth-order valence-electron chi connectivity index (χ4n) is 2.32. The van der Waals surface area contributed by atoms with Crippen molar-refractivity contribution < 1.29 is 19.1 Å². The van der Waals surface area contributed by atoms with Crippen molar-refractivity contribution in [3.8, 4) is 22.6 Å². The average molecular weight is 358 g/mol. The zero-order valence-corrected chi connectivity index (χ0v) is 13.8. The first kappa shape index (κ1) is 18.5. The summed E-state index contributed by atoms with van der Waals surface area (Å²) in [7, 11) is 2.76. The molecule has 2 rings (SSSR count). The predicted octanol–water partition coefficient (Wildman–Crippen LogP) is 2.19. The van der Waals surface area contributed by atoms with E-state index in [-0.39, 0.29) is 22.6 Å². The number of ether oxygens (including phenoxy) is 2. The Balaban J connectivity index is 2.45. The highest BCUT2D eigenvalue weighted by atomic mass is 16.5. The standard InChI is InChI=1S/C16H14N4O6/c1-25-13-7-9(3-5-11(13)15(21)17-19-23)10-4-6-12(14(8-10)26-2)16(22)18-20-24/h3-8H,1-2H3,(H,17,21,23)(H,18,22,24). The van der Waals surface area contributed by atoms with Crippen LogP contribution >= 0.6 is 0 Å². The van der Waals surface area contributed by atoms with Crippen molar-refractivity contribution in [2.75, 3.05) is 14.2 Å². The summed E-state index contributed by atoms with van der Waals surface area (Å²) in [5, 5.41) is 4.69. The van der Waals surface area contributed by atoms with E-state index < -0.39 is 11.8 Å². The molecule has 0 aliphatic heterocycles. The van der Waals surface area contributed by atoms with Crippen molar-refractivity contribution >= 4 is 11.8 Å². The van der Waals surface area contributed by atoms with Crippen molar-refractivity contribution in [3.05, 3.63) is 57.3 Å². The summed E-state index contributed by atoms with van der Waals surface area (Å²) in [6.45, 7) is 0. The number of benzene rings is 2. The second kappa shape index (κ2) is 8.33. The maximum Gasteiger partial charge on any atom is 0.277 e. The summed E-state index contributed by atoms with van der Waals surface area (Å²) in [6.07, 6.45) is 0. The minimum absolute atomic E-state index is 0.135. The van der Waals surface area contributed by atoms with Gasteiger partial charge in [-0.05, 0) is 35.4 Å². The molecule has 0 spiro atoms. The van der Waals surface area contributed by atoms with Crippen LogP contribution < -0.4 is 20.3 Å². The number of nitroso groups, excluding NO2 is 2. The highest BCUT2D eigenvalue weighted by molar-refractivity contribution is 5.98. The van der Waals surface area contributed by atoms with Gasteiger partial charge in [0.1, 0.15) is 11.5 Å². The van der Waals surface area contributed by atoms with Crippen LogP contribution in [0.15, 0.2) is 47.0 Å². The van der Waals surface area contributed by atoms with Gasteiger partial charge in [0.05, 0.1) is 35.9 Å². The van der Waals surface area contributed by atoms with Gasteiger partial charge in [-0.2, -0.15) is 0 Å². The fraction of sp³-hybridized carbons (Fsp3) is 0.125. The quantitative estimate of drug-likeness (QED) is 0.575. The third-order valence-corrected chi connectivity index (χ3v) is 3.52. The van der Waals surface area contributed by atoms with Crippen LogP contribution in [0.5, 0.6) is 11.5 Å². The lowest BCUT2D eigenvalue weighted by Crippen LogP contribution is -2.17. The maximum absolute atomic E-state index is 11.8. The zero-order valence-electron chi connectivity index (χ0n) is 13.8. The molecule has 0 saturated carbocycles. The number of hydrogen-bond acceptors (Lipinski definition) is 8. The Morgan fingerprint density at radius 3 is 1.46 bits per heavy atom. The molecule has 26 heavy (non-hydrogen) atoms. The second-order valence-electron chi connectivity index (χ2n) is 4.89. The Bertz CT molecular complexity index is 796. The first-order chi connectivity index (χ1) is 12.5. The molecule has 0 fully saturated rings. The van der Waals surface area contributed by atoms with E-state index >= 15 is 0 Å². The van der Waals surface area contributed by atoms with E-state index in [2.05, 4.69) is 10.6 Å². The molecule has 0 aliphatic carbocycles. The molecule has 0 atom stereocenters. The van der Waals surface area contributed by atoms with Crippen LogP contribution in [0, 0.1) is 9.81 Å². The van der Waals surface area contributed by atoms with E-state index in [0.717, 1.165) is 0 Å². The van der Waals surface area contributed by atoms with Gasteiger partial charge in [-0.1, -0.05) is 12.1 Å². The molecule has 2 amide bonds. The van der Waals surface area contributed by atoms with E-state index in [9.17, 15) is 19.4 Å². The summed E-state index contributed by atoms with van der Waals surface area (Å²) < 4.78 is 10.4. The number of methoxy groups -OCH3 is 2. The van der Waals surface area contributed by atoms with E-state index in [1.165, 1.54) is 26.4 Å². The van der Waals surface area contributed by atoms with Gasteiger partial charge < -0.3 is 9.47 Å². The van der Waals surface area contributed by atoms with Crippen molar-refractivity contribution in [3.63, 3.8) is 0 Å². The summed E-state index contributed by atoms with van der Waals surface area (Å²) in [4.78, 5) is 43.9. The molecule has 134 valence electrons. The number of nitrogens with zero attached hydrogens (tertiary/aromatic N) is 2. The van der Waals surface area contributed by atoms with Crippen molar-refractivity contribution in [2.45, 2.75) is 0 Å². The number of hydrogen-bond donors (Lipinski definition) is 2. The molecule has 0 aromatic heterocycles. The fourth-order valence-corrected chi connectivity index (χ4v) is 2.32. The molecule has 0 saturated heterocycles. The largest absolute Gasteiger partial charge is 0.496 e. The van der Waals surface area contributed by atoms with Crippen LogP contribution in [0.25, 0.3) is 11.1 Å². The van der Waals surface area contributed by atoms with Crippen LogP contribution in [0.1, 0.15) is 20.7 Å². The number of nitrogens with one attached hydrogen (secondary N) is 2. The SMILES string of the molecule is COc1cc(-c2ccc(C(=O)NN=O)c(OC)c2)ccc1C(=O)NN=O. The topological polar surface area (TPSA) is 136 Å². The van der Waals surface area contributed by atoms with Gasteiger partial charge in [0.2, 0.25) is 0 Å². The maximum atomic E-state index is 11.8. The molecule has 10 nitrogen and oxygen atoms in total. The lowest BCUT2D eigenvalue weighted by molar-refractivity contribution is 0.0942. The van der Waals surface area contributed by atoms with E-state index in [4.69, 9.17) is 9.47 Å². The average Bonchev–Trinajstić information content (AvgIpc) is 2.67. The minimum atomic E-state index is -0.700. The Kier molecular flexibility index (Phi) is 5.93. The molecule has 2 N–H and O–H groups in total. The predicted molar refractivity (Wildman–Crippen MR) is 91.5 cm³/mol. The smallest absolute Gasteiger partial charge is 0.277 e. The molecule has 10 heteroatoms. The number of rotatable bonds is 7. The Labute approximate surface area is 147 Å². The molecular weight excluding hydrogens is 344 g/mol. The first-order valence-electron chi connectivity index (χ1n) is 7.17. The van der Waals surface area contributed by atoms with E-state index in [0.29, 0.717) is 11.1 Å². The monoisotopic (exact) mass is 358 g/mol. The molecule has 0 radical (unpaired) electrons. The lowest BCUT2D eigenvalue weighted by Gasteiger charge is -2.12. The molecular formula is C16H14N4O6. The van der Waals surface area contributed by atoms with E-state index in [1.54, 1.807) is 35.1 Å². The summed E-state index contributed by atoms with van der Waals surface area (Å²) in [6, 6.07) is 9.37. The van der Waals surface area contributed by atoms with E-state index in [1.807, 2.05) is 0 Å². The van der Waals surface area contributed by atoms with Crippen LogP contribution in [-0.4, -0.2) is 26.0 Å². The molecule has 0 bridgehead atoms. The van der Waals surface area contributed by atoms with Crippen LogP contribution in [0.3, 0.4) is 0 Å². The van der Waals surface area contributed by atoms with Gasteiger partial charge >= 0.3 is 0 Å². The Morgan fingerprint density at radius 1 is 0.769 bits per heavy atom. The Morgan fingerprint density at radius 2 is 1.15 bits per heavy atom. The second-order valence-corrected chi connectivity index (χ2v) is 4.89. The minimum Gasteiger partial charge on any atom is -0.496 e. The summed E-state index contributed by atoms with van der Waals surface area (Å²) >= 11 is 0. The summed E-state index contributed by atoms with van der Waals surface area (Å²) in [5.74, 6) is -0.937. The van der Waals surface area contributed by atoms with Crippen LogP contribution in [0.2, 0.25) is 0 Å². The van der Waals surface area contributed by atoms with Crippen LogP contribution in [-0.2, 0) is 0 Å². The third kappa shape index (κ3) is 3.80. The van der Waals surface area contributed by atoms with Gasteiger partial charge in [-0.15, -0.1) is 9.81 Å². The first-order valence-corrected chi connectivity index (χ1v) is 7.17. The number of carbonyl (C=O) groups is 2. The molecule has 0 unspecified atom stereocenters. The molecule has 0 heterocycles. The van der Waals surface area contributed by atoms with Crippen molar-refractivity contribution in [1.29, 1.82) is 0 Å². The van der Waals surface area contributed by atoms with Gasteiger partial charge in [-0.25, -0.2) is 10.9 Å². The lowest BCUT2D eigenvalue weighted by atomic mass is 10.0. The van der Waals surface area contributed by atoms with Gasteiger partial charge in [0.25, 0.3) is 11.8 Å². The van der Waals surface area contributed by atoms with Crippen molar-refractivity contribution in [1.82, 2.24) is 10.9 Å². The number of carbonyl (C=O) groups excluding carboxylic acids is 2. The highest BCUT2D eigenvalue weighted by Gasteiger charge is 2.16. The van der Waals surface area contributed by atoms with Crippen molar-refractivity contribution in [2.24, 2.45) is 10.6 Å². The van der Waals surface area contributed by atoms with Gasteiger partial charge in [0.15, 0.2) is 0 Å². The van der Waals surface area contributed by atoms with Crippen LogP contribution in [0.4, 0.5) is 0 Å². The molecule has 2 aromatic carbocycles. The highest BCUT2D eigenvalue weighted by Crippen LogP contribution is 2.31. The normalized spacial score (nSPS) is 9.77. The number of amides is 2. The Hall–Kier alpha value is -3.82. The molecule has 0 aliphatic rings. The molecule has 2 aromatic rings.